The average molecular weight is 254 g/mol. The maximum atomic E-state index is 11.3. The first kappa shape index (κ1) is 12.2. The zero-order valence-corrected chi connectivity index (χ0v) is 10.8. The molecule has 4 N–H and O–H groups in total. The van der Waals surface area contributed by atoms with Crippen LogP contribution in [0, 0.1) is 0 Å². The lowest BCUT2D eigenvalue weighted by Gasteiger charge is -2.06. The van der Waals surface area contributed by atoms with Gasteiger partial charge in [-0.2, -0.15) is 4.37 Å². The molecule has 1 aliphatic rings. The van der Waals surface area contributed by atoms with Crippen LogP contribution in [-0.4, -0.2) is 23.4 Å². The topological polar surface area (TPSA) is 80.0 Å². The summed E-state index contributed by atoms with van der Waals surface area (Å²) in [5.41, 5.74) is 7.00. The number of nitrogen functional groups attached to an aromatic ring is 1. The van der Waals surface area contributed by atoms with Gasteiger partial charge in [0.05, 0.1) is 0 Å². The third-order valence-electron chi connectivity index (χ3n) is 2.75. The number of carbonyl (C=O) groups excluding carboxylic acids is 1. The van der Waals surface area contributed by atoms with Crippen molar-refractivity contribution in [1.29, 1.82) is 0 Å². The molecule has 0 bridgehead atoms. The zero-order chi connectivity index (χ0) is 12.3. The van der Waals surface area contributed by atoms with Crippen LogP contribution in [-0.2, 0) is 4.79 Å². The third-order valence-corrected chi connectivity index (χ3v) is 3.59. The Bertz CT molecular complexity index is 400. The lowest BCUT2D eigenvalue weighted by Crippen LogP contribution is -2.24. The van der Waals surface area contributed by atoms with Gasteiger partial charge in [-0.1, -0.05) is 0 Å². The molecule has 5 nitrogen and oxygen atoms in total. The van der Waals surface area contributed by atoms with Gasteiger partial charge in [-0.25, -0.2) is 0 Å². The highest BCUT2D eigenvalue weighted by Gasteiger charge is 2.30. The summed E-state index contributed by atoms with van der Waals surface area (Å²) in [4.78, 5) is 11.3. The van der Waals surface area contributed by atoms with Crippen molar-refractivity contribution < 1.29 is 4.79 Å². The van der Waals surface area contributed by atoms with E-state index in [0.717, 1.165) is 10.6 Å². The van der Waals surface area contributed by atoms with E-state index in [2.05, 4.69) is 15.0 Å². The number of nitrogens with zero attached hydrogens (tertiary/aromatic N) is 1. The summed E-state index contributed by atoms with van der Waals surface area (Å²) >= 11 is 1.39. The fourth-order valence-electron chi connectivity index (χ4n) is 1.78. The van der Waals surface area contributed by atoms with E-state index in [9.17, 15) is 4.79 Å². The number of nitrogens with one attached hydrogen (secondary N) is 2. The van der Waals surface area contributed by atoms with Crippen molar-refractivity contribution in [2.24, 2.45) is 0 Å². The summed E-state index contributed by atoms with van der Waals surface area (Å²) in [5, 5.41) is 7.07. The largest absolute Gasteiger partial charge is 0.383 e. The minimum absolute atomic E-state index is 0.0745. The van der Waals surface area contributed by atoms with E-state index >= 15 is 0 Å². The van der Waals surface area contributed by atoms with Crippen LogP contribution >= 0.6 is 11.5 Å². The van der Waals surface area contributed by atoms with Gasteiger partial charge in [-0.05, 0) is 37.2 Å². The number of rotatable bonds is 6. The molecular formula is C11H18N4OS. The van der Waals surface area contributed by atoms with E-state index in [1.807, 2.05) is 6.92 Å². The monoisotopic (exact) mass is 254 g/mol. The van der Waals surface area contributed by atoms with E-state index in [1.54, 1.807) is 0 Å². The molecule has 2 rings (SSSR count). The molecule has 0 saturated heterocycles. The van der Waals surface area contributed by atoms with Gasteiger partial charge in [0.25, 0.3) is 0 Å². The first-order valence-electron chi connectivity index (χ1n) is 5.98. The molecule has 1 aliphatic carbocycles. The maximum Gasteiger partial charge on any atom is 0.221 e. The van der Waals surface area contributed by atoms with E-state index < -0.39 is 0 Å². The minimum Gasteiger partial charge on any atom is -0.383 e. The normalized spacial score (nSPS) is 14.6. The van der Waals surface area contributed by atoms with Crippen LogP contribution in [0.15, 0.2) is 0 Å². The van der Waals surface area contributed by atoms with Gasteiger partial charge >= 0.3 is 0 Å². The van der Waals surface area contributed by atoms with E-state index in [0.29, 0.717) is 31.2 Å². The van der Waals surface area contributed by atoms with Crippen LogP contribution in [0.5, 0.6) is 0 Å². The first-order valence-corrected chi connectivity index (χ1v) is 6.75. The molecule has 6 heteroatoms. The van der Waals surface area contributed by atoms with Crippen molar-refractivity contribution in [2.45, 2.75) is 32.1 Å². The number of nitrogens with two attached hydrogens (primary N) is 1. The highest BCUT2D eigenvalue weighted by molar-refractivity contribution is 7.10. The molecule has 1 heterocycles. The fourth-order valence-corrected chi connectivity index (χ4v) is 2.60. The molecule has 0 radical (unpaired) electrons. The Morgan fingerprint density at radius 2 is 2.35 bits per heavy atom. The molecule has 1 aromatic heterocycles. The molecular weight excluding hydrogens is 236 g/mol. The molecule has 94 valence electrons. The second kappa shape index (κ2) is 5.35. The van der Waals surface area contributed by atoms with Crippen LogP contribution in [0.3, 0.4) is 0 Å². The Hall–Kier alpha value is -1.30. The molecule has 0 unspecified atom stereocenters. The summed E-state index contributed by atoms with van der Waals surface area (Å²) in [6.07, 6.45) is 2.89. The van der Waals surface area contributed by atoms with Crippen molar-refractivity contribution in [1.82, 2.24) is 9.69 Å². The van der Waals surface area contributed by atoms with Crippen LogP contribution < -0.4 is 16.4 Å². The summed E-state index contributed by atoms with van der Waals surface area (Å²) in [6, 6.07) is 0. The lowest BCUT2D eigenvalue weighted by atomic mass is 10.2. The highest BCUT2D eigenvalue weighted by Crippen LogP contribution is 2.47. The van der Waals surface area contributed by atoms with E-state index in [1.165, 1.54) is 24.4 Å². The lowest BCUT2D eigenvalue weighted by molar-refractivity contribution is -0.120. The van der Waals surface area contributed by atoms with Gasteiger partial charge in [-0.15, -0.1) is 0 Å². The highest BCUT2D eigenvalue weighted by atomic mass is 32.1. The molecule has 0 spiro atoms. The van der Waals surface area contributed by atoms with Crippen molar-refractivity contribution >= 4 is 28.3 Å². The molecule has 0 aliphatic heterocycles. The quantitative estimate of drug-likeness (QED) is 0.719. The molecule has 0 aromatic carbocycles. The Morgan fingerprint density at radius 3 is 3.00 bits per heavy atom. The van der Waals surface area contributed by atoms with Crippen LogP contribution in [0.1, 0.15) is 37.7 Å². The van der Waals surface area contributed by atoms with Gasteiger partial charge in [0.15, 0.2) is 0 Å². The molecule has 17 heavy (non-hydrogen) atoms. The van der Waals surface area contributed by atoms with Gasteiger partial charge in [0.2, 0.25) is 5.91 Å². The predicted octanol–water partition coefficient (Wildman–Crippen LogP) is 1.54. The van der Waals surface area contributed by atoms with Crippen molar-refractivity contribution in [3.63, 3.8) is 0 Å². The summed E-state index contributed by atoms with van der Waals surface area (Å²) in [7, 11) is 0. The van der Waals surface area contributed by atoms with Crippen LogP contribution in [0.4, 0.5) is 10.8 Å². The first-order chi connectivity index (χ1) is 8.22. The van der Waals surface area contributed by atoms with Gasteiger partial charge in [-0.3, -0.25) is 4.79 Å². The Morgan fingerprint density at radius 1 is 1.59 bits per heavy atom. The summed E-state index contributed by atoms with van der Waals surface area (Å²) in [5.74, 6) is 1.31. The van der Waals surface area contributed by atoms with E-state index in [4.69, 9.17) is 5.73 Å². The Balaban J connectivity index is 1.84. The number of aromatic nitrogens is 1. The number of carbonyl (C=O) groups is 1. The van der Waals surface area contributed by atoms with E-state index in [-0.39, 0.29) is 5.91 Å². The molecule has 1 aromatic rings. The SMILES string of the molecule is CCNC(=O)CCNc1snc(N)c1C1CC1. The Kier molecular flexibility index (Phi) is 3.83. The molecule has 0 atom stereocenters. The standard InChI is InChI=1S/C11H18N4OS/c1-2-13-8(16)5-6-14-11-9(7-3-4-7)10(12)15-17-11/h7,14H,2-6H2,1H3,(H2,12,15)(H,13,16). The maximum absolute atomic E-state index is 11.3. The summed E-state index contributed by atoms with van der Waals surface area (Å²) in [6.45, 7) is 3.23. The predicted molar refractivity (Wildman–Crippen MR) is 70.3 cm³/mol. The molecule has 1 fully saturated rings. The second-order valence-corrected chi connectivity index (χ2v) is 4.99. The van der Waals surface area contributed by atoms with Gasteiger partial charge in [0.1, 0.15) is 10.8 Å². The Labute approximate surface area is 105 Å². The zero-order valence-electron chi connectivity index (χ0n) is 9.95. The fraction of sp³-hybridized carbons (Fsp3) is 0.636. The second-order valence-electron chi connectivity index (χ2n) is 4.22. The average Bonchev–Trinajstić information content (AvgIpc) is 3.05. The smallest absolute Gasteiger partial charge is 0.221 e. The van der Waals surface area contributed by atoms with Gasteiger partial charge < -0.3 is 16.4 Å². The number of anilines is 2. The van der Waals surface area contributed by atoms with Crippen molar-refractivity contribution in [3.8, 4) is 0 Å². The third kappa shape index (κ3) is 3.09. The minimum atomic E-state index is 0.0745. The number of hydrogen-bond donors (Lipinski definition) is 3. The van der Waals surface area contributed by atoms with Crippen LogP contribution in [0.2, 0.25) is 0 Å². The molecule has 1 saturated carbocycles. The van der Waals surface area contributed by atoms with Crippen molar-refractivity contribution in [3.05, 3.63) is 5.56 Å². The molecule has 1 amide bonds. The van der Waals surface area contributed by atoms with Crippen LogP contribution in [0.25, 0.3) is 0 Å². The van der Waals surface area contributed by atoms with Crippen molar-refractivity contribution in [2.75, 3.05) is 24.1 Å². The number of amides is 1. The van der Waals surface area contributed by atoms with Gasteiger partial charge in [0, 0.05) is 25.1 Å². The number of hydrogen-bond acceptors (Lipinski definition) is 5. The summed E-state index contributed by atoms with van der Waals surface area (Å²) < 4.78 is 4.17.